The van der Waals surface area contributed by atoms with Crippen molar-refractivity contribution in [1.82, 2.24) is 5.32 Å². The van der Waals surface area contributed by atoms with E-state index in [1.807, 2.05) is 0 Å². The standard InChI is InChI=1S/C57H105NO5/c1-4-7-10-13-16-19-22-25-27-29-32-35-38-41-44-47-50-57(62)63-53(48-45-42-39-36-33-30-24-21-18-15-12-9-6-3)51-56(61)58-54(52-59)55(60)49-46-43-40-37-34-31-28-26-23-20-17-14-11-8-5-2/h18,21,24,27,29-30,32,35,53-55,59-60H,4-17,19-20,22-23,25-26,28,31,33-34,36-52H2,1-3H3,(H,58,61)/b21-18+,29-27+,30-24+,35-32+. The minimum atomic E-state index is -0.798. The summed E-state index contributed by atoms with van der Waals surface area (Å²) < 4.78 is 5.92. The summed E-state index contributed by atoms with van der Waals surface area (Å²) in [5.74, 6) is -0.519. The van der Waals surface area contributed by atoms with Crippen LogP contribution in [0.25, 0.3) is 0 Å². The minimum Gasteiger partial charge on any atom is -0.462 e. The summed E-state index contributed by atoms with van der Waals surface area (Å²) in [6, 6.07) is -0.714. The van der Waals surface area contributed by atoms with Gasteiger partial charge in [0.05, 0.1) is 25.2 Å². The quantitative estimate of drug-likeness (QED) is 0.0321. The molecular formula is C57H105NO5. The van der Waals surface area contributed by atoms with E-state index in [4.69, 9.17) is 4.74 Å². The summed E-state index contributed by atoms with van der Waals surface area (Å²) in [6.07, 6.45) is 61.7. The highest BCUT2D eigenvalue weighted by atomic mass is 16.5. The van der Waals surface area contributed by atoms with Crippen LogP contribution in [-0.4, -0.2) is 46.9 Å². The Morgan fingerprint density at radius 1 is 0.460 bits per heavy atom. The van der Waals surface area contributed by atoms with Crippen LogP contribution < -0.4 is 5.32 Å². The number of aliphatic hydroxyl groups is 2. The summed E-state index contributed by atoms with van der Waals surface area (Å²) in [6.45, 7) is 6.45. The third-order valence-corrected chi connectivity index (χ3v) is 12.4. The molecule has 0 spiro atoms. The van der Waals surface area contributed by atoms with Gasteiger partial charge in [0.15, 0.2) is 0 Å². The zero-order valence-corrected chi connectivity index (χ0v) is 42.0. The predicted octanol–water partition coefficient (Wildman–Crippen LogP) is 16.6. The number of aliphatic hydroxyl groups excluding tert-OH is 2. The van der Waals surface area contributed by atoms with Gasteiger partial charge in [-0.25, -0.2) is 0 Å². The molecule has 3 N–H and O–H groups in total. The van der Waals surface area contributed by atoms with Gasteiger partial charge in [-0.15, -0.1) is 0 Å². The van der Waals surface area contributed by atoms with E-state index in [9.17, 15) is 19.8 Å². The minimum absolute atomic E-state index is 0.0541. The van der Waals surface area contributed by atoms with Gasteiger partial charge < -0.3 is 20.3 Å². The van der Waals surface area contributed by atoms with Crippen molar-refractivity contribution in [3.05, 3.63) is 48.6 Å². The highest BCUT2D eigenvalue weighted by Gasteiger charge is 2.24. The summed E-state index contributed by atoms with van der Waals surface area (Å²) >= 11 is 0. The van der Waals surface area contributed by atoms with Gasteiger partial charge in [-0.2, -0.15) is 0 Å². The van der Waals surface area contributed by atoms with Crippen LogP contribution in [0.3, 0.4) is 0 Å². The second kappa shape index (κ2) is 50.8. The molecule has 0 rings (SSSR count). The van der Waals surface area contributed by atoms with E-state index in [-0.39, 0.29) is 24.9 Å². The molecule has 6 nitrogen and oxygen atoms in total. The Balaban J connectivity index is 4.60. The summed E-state index contributed by atoms with van der Waals surface area (Å²) in [4.78, 5) is 26.2. The van der Waals surface area contributed by atoms with Gasteiger partial charge in [0.1, 0.15) is 6.10 Å². The highest BCUT2D eigenvalue weighted by Crippen LogP contribution is 2.18. The topological polar surface area (TPSA) is 95.9 Å². The van der Waals surface area contributed by atoms with Crippen LogP contribution in [-0.2, 0) is 14.3 Å². The smallest absolute Gasteiger partial charge is 0.306 e. The number of amides is 1. The van der Waals surface area contributed by atoms with E-state index in [0.29, 0.717) is 19.3 Å². The number of unbranched alkanes of at least 4 members (excludes halogenated alkanes) is 31. The average Bonchev–Trinajstić information content (AvgIpc) is 3.28. The average molecular weight is 884 g/mol. The van der Waals surface area contributed by atoms with Crippen molar-refractivity contribution < 1.29 is 24.5 Å². The van der Waals surface area contributed by atoms with Gasteiger partial charge in [0.25, 0.3) is 0 Å². The number of carbonyl (C=O) groups is 2. The van der Waals surface area contributed by atoms with Gasteiger partial charge in [0, 0.05) is 6.42 Å². The van der Waals surface area contributed by atoms with Crippen molar-refractivity contribution in [2.75, 3.05) is 6.61 Å². The molecule has 368 valence electrons. The molecule has 63 heavy (non-hydrogen) atoms. The third-order valence-electron chi connectivity index (χ3n) is 12.4. The second-order valence-electron chi connectivity index (χ2n) is 18.7. The van der Waals surface area contributed by atoms with Crippen molar-refractivity contribution in [1.29, 1.82) is 0 Å². The number of hydrogen-bond acceptors (Lipinski definition) is 5. The zero-order chi connectivity index (χ0) is 45.9. The van der Waals surface area contributed by atoms with E-state index in [2.05, 4.69) is 74.7 Å². The van der Waals surface area contributed by atoms with Gasteiger partial charge >= 0.3 is 5.97 Å². The van der Waals surface area contributed by atoms with Crippen molar-refractivity contribution in [3.63, 3.8) is 0 Å². The summed E-state index contributed by atoms with van der Waals surface area (Å²) in [5.41, 5.74) is 0. The molecule has 0 aliphatic rings. The first kappa shape index (κ1) is 60.8. The number of carbonyl (C=O) groups excluding carboxylic acids is 2. The molecule has 1 amide bonds. The fraction of sp³-hybridized carbons (Fsp3) is 0.825. The molecule has 0 heterocycles. The molecule has 0 bridgehead atoms. The number of nitrogens with one attached hydrogen (secondary N) is 1. The summed E-state index contributed by atoms with van der Waals surface area (Å²) in [5, 5.41) is 23.8. The fourth-order valence-electron chi connectivity index (χ4n) is 8.24. The van der Waals surface area contributed by atoms with E-state index < -0.39 is 18.2 Å². The molecule has 6 heteroatoms. The first-order chi connectivity index (χ1) is 31.0. The number of esters is 1. The Labute approximate surface area is 391 Å². The monoisotopic (exact) mass is 884 g/mol. The van der Waals surface area contributed by atoms with Crippen LogP contribution in [0.1, 0.15) is 278 Å². The largest absolute Gasteiger partial charge is 0.462 e. The molecule has 0 aromatic heterocycles. The first-order valence-electron chi connectivity index (χ1n) is 27.4. The number of rotatable bonds is 49. The van der Waals surface area contributed by atoms with Gasteiger partial charge in [-0.05, 0) is 77.0 Å². The van der Waals surface area contributed by atoms with E-state index in [1.165, 1.54) is 141 Å². The lowest BCUT2D eigenvalue weighted by Gasteiger charge is -2.24. The Morgan fingerprint density at radius 3 is 1.21 bits per heavy atom. The normalized spacial score (nSPS) is 13.5. The molecule has 0 aromatic rings. The van der Waals surface area contributed by atoms with E-state index >= 15 is 0 Å². The Morgan fingerprint density at radius 2 is 0.794 bits per heavy atom. The SMILES string of the molecule is CCCCC/C=C/C=C/CCCCCCC(CC(=O)NC(CO)C(O)CCCCCCCCCCCCCCCCC)OC(=O)CCCCC/C=C/C=C/CCCCCCCCC. The lowest BCUT2D eigenvalue weighted by molar-refractivity contribution is -0.151. The fourth-order valence-corrected chi connectivity index (χ4v) is 8.24. The van der Waals surface area contributed by atoms with Crippen molar-refractivity contribution in [2.24, 2.45) is 0 Å². The van der Waals surface area contributed by atoms with Gasteiger partial charge in [-0.1, -0.05) is 236 Å². The number of allylic oxidation sites excluding steroid dienone is 8. The van der Waals surface area contributed by atoms with Gasteiger partial charge in [0.2, 0.25) is 5.91 Å². The number of hydrogen-bond donors (Lipinski definition) is 3. The predicted molar refractivity (Wildman–Crippen MR) is 273 cm³/mol. The molecular weight excluding hydrogens is 779 g/mol. The van der Waals surface area contributed by atoms with Crippen LogP contribution in [0, 0.1) is 0 Å². The molecule has 0 aliphatic heterocycles. The van der Waals surface area contributed by atoms with Crippen molar-refractivity contribution >= 4 is 11.9 Å². The molecule has 0 saturated heterocycles. The maximum Gasteiger partial charge on any atom is 0.306 e. The van der Waals surface area contributed by atoms with E-state index in [1.54, 1.807) is 0 Å². The van der Waals surface area contributed by atoms with Crippen LogP contribution >= 0.6 is 0 Å². The van der Waals surface area contributed by atoms with Crippen molar-refractivity contribution in [2.45, 2.75) is 296 Å². The molecule has 0 radical (unpaired) electrons. The Hall–Kier alpha value is -2.18. The molecule has 0 fully saturated rings. The molecule has 0 aliphatic carbocycles. The summed E-state index contributed by atoms with van der Waals surface area (Å²) in [7, 11) is 0. The maximum atomic E-state index is 13.2. The van der Waals surface area contributed by atoms with Crippen LogP contribution in [0.4, 0.5) is 0 Å². The third kappa shape index (κ3) is 46.2. The first-order valence-corrected chi connectivity index (χ1v) is 27.4. The van der Waals surface area contributed by atoms with Crippen molar-refractivity contribution in [3.8, 4) is 0 Å². The Kier molecular flexibility index (Phi) is 49.1. The molecule has 0 saturated carbocycles. The zero-order valence-electron chi connectivity index (χ0n) is 42.0. The van der Waals surface area contributed by atoms with Crippen LogP contribution in [0.15, 0.2) is 48.6 Å². The molecule has 3 unspecified atom stereocenters. The molecule has 0 aromatic carbocycles. The second-order valence-corrected chi connectivity index (χ2v) is 18.7. The van der Waals surface area contributed by atoms with Crippen LogP contribution in [0.5, 0.6) is 0 Å². The maximum absolute atomic E-state index is 13.2. The molecule has 3 atom stereocenters. The van der Waals surface area contributed by atoms with Crippen LogP contribution in [0.2, 0.25) is 0 Å². The lowest BCUT2D eigenvalue weighted by Crippen LogP contribution is -2.46. The highest BCUT2D eigenvalue weighted by molar-refractivity contribution is 5.77. The van der Waals surface area contributed by atoms with E-state index in [0.717, 1.165) is 89.9 Å². The lowest BCUT2D eigenvalue weighted by atomic mass is 10.0. The number of ether oxygens (including phenoxy) is 1. The van der Waals surface area contributed by atoms with Gasteiger partial charge in [-0.3, -0.25) is 9.59 Å². The Bertz CT molecular complexity index is 1080.